The third-order valence-corrected chi connectivity index (χ3v) is 4.18. The molecule has 0 aliphatic carbocycles. The van der Waals surface area contributed by atoms with Gasteiger partial charge < -0.3 is 10.6 Å². The standard InChI is InChI=1S/C12H16BrF3N4O/c1-7-8(3-2-4-17-7)19-9-5-18-20(6-12(14,15)16)11(21)10(9)13/h5,7-8,17,19H,2-4,6H2,1H3. The van der Waals surface area contributed by atoms with Crippen molar-refractivity contribution < 1.29 is 13.2 Å². The minimum atomic E-state index is -4.48. The Bertz CT molecular complexity index is 560. The molecule has 0 aromatic carbocycles. The van der Waals surface area contributed by atoms with E-state index in [2.05, 4.69) is 31.7 Å². The summed E-state index contributed by atoms with van der Waals surface area (Å²) in [6.45, 7) is 1.56. The van der Waals surface area contributed by atoms with Crippen molar-refractivity contribution in [2.75, 3.05) is 11.9 Å². The van der Waals surface area contributed by atoms with Gasteiger partial charge in [0.1, 0.15) is 11.0 Å². The van der Waals surface area contributed by atoms with Crippen LogP contribution in [0.2, 0.25) is 0 Å². The number of alkyl halides is 3. The van der Waals surface area contributed by atoms with E-state index in [9.17, 15) is 18.0 Å². The molecule has 2 heterocycles. The maximum atomic E-state index is 12.3. The van der Waals surface area contributed by atoms with Crippen LogP contribution in [0.5, 0.6) is 0 Å². The molecular weight excluding hydrogens is 353 g/mol. The molecule has 2 rings (SSSR count). The third kappa shape index (κ3) is 4.19. The number of rotatable bonds is 3. The van der Waals surface area contributed by atoms with Crippen LogP contribution >= 0.6 is 15.9 Å². The molecule has 2 N–H and O–H groups in total. The normalized spacial score (nSPS) is 23.1. The van der Waals surface area contributed by atoms with Crippen LogP contribution in [0.25, 0.3) is 0 Å². The van der Waals surface area contributed by atoms with Gasteiger partial charge in [0.2, 0.25) is 0 Å². The maximum Gasteiger partial charge on any atom is 0.408 e. The van der Waals surface area contributed by atoms with Crippen molar-refractivity contribution in [3.8, 4) is 0 Å². The van der Waals surface area contributed by atoms with Gasteiger partial charge in [0.05, 0.1) is 11.9 Å². The first-order valence-corrected chi connectivity index (χ1v) is 7.39. The highest BCUT2D eigenvalue weighted by Crippen LogP contribution is 2.22. The summed E-state index contributed by atoms with van der Waals surface area (Å²) in [5.74, 6) is 0. The molecule has 118 valence electrons. The molecule has 1 aliphatic heterocycles. The number of piperidine rings is 1. The van der Waals surface area contributed by atoms with Gasteiger partial charge in [0.15, 0.2) is 0 Å². The topological polar surface area (TPSA) is 59.0 Å². The lowest BCUT2D eigenvalue weighted by Crippen LogP contribution is -2.46. The summed E-state index contributed by atoms with van der Waals surface area (Å²) >= 11 is 3.06. The van der Waals surface area contributed by atoms with Crippen molar-refractivity contribution in [2.45, 2.75) is 44.6 Å². The number of anilines is 1. The zero-order valence-electron chi connectivity index (χ0n) is 11.4. The molecule has 5 nitrogen and oxygen atoms in total. The quantitative estimate of drug-likeness (QED) is 0.857. The Morgan fingerprint density at radius 3 is 2.90 bits per heavy atom. The van der Waals surface area contributed by atoms with E-state index in [-0.39, 0.29) is 16.6 Å². The van der Waals surface area contributed by atoms with Crippen molar-refractivity contribution in [2.24, 2.45) is 0 Å². The van der Waals surface area contributed by atoms with Crippen LogP contribution in [-0.4, -0.2) is 34.6 Å². The minimum Gasteiger partial charge on any atom is -0.378 e. The number of halogens is 4. The summed E-state index contributed by atoms with van der Waals surface area (Å²) in [6.07, 6.45) is -1.31. The van der Waals surface area contributed by atoms with E-state index in [1.165, 1.54) is 6.20 Å². The van der Waals surface area contributed by atoms with Crippen LogP contribution in [0.15, 0.2) is 15.5 Å². The van der Waals surface area contributed by atoms with Gasteiger partial charge in [-0.15, -0.1) is 0 Å². The molecule has 21 heavy (non-hydrogen) atoms. The Morgan fingerprint density at radius 1 is 1.57 bits per heavy atom. The van der Waals surface area contributed by atoms with E-state index in [4.69, 9.17) is 0 Å². The Labute approximate surface area is 128 Å². The molecule has 1 aromatic rings. The minimum absolute atomic E-state index is 0.0690. The van der Waals surface area contributed by atoms with Crippen LogP contribution < -0.4 is 16.2 Å². The molecule has 1 aromatic heterocycles. The fourth-order valence-electron chi connectivity index (χ4n) is 2.29. The maximum absolute atomic E-state index is 12.3. The first kappa shape index (κ1) is 16.3. The van der Waals surface area contributed by atoms with Crippen molar-refractivity contribution >= 4 is 21.6 Å². The smallest absolute Gasteiger partial charge is 0.378 e. The molecule has 1 saturated heterocycles. The van der Waals surface area contributed by atoms with Gasteiger partial charge in [0.25, 0.3) is 5.56 Å². The van der Waals surface area contributed by atoms with Gasteiger partial charge in [-0.3, -0.25) is 4.79 Å². The molecule has 0 spiro atoms. The second-order valence-electron chi connectivity index (χ2n) is 5.09. The zero-order chi connectivity index (χ0) is 15.6. The Kier molecular flexibility index (Phi) is 4.92. The molecule has 0 radical (unpaired) electrons. The van der Waals surface area contributed by atoms with Gasteiger partial charge in [-0.05, 0) is 42.2 Å². The van der Waals surface area contributed by atoms with Crippen LogP contribution in [0.3, 0.4) is 0 Å². The van der Waals surface area contributed by atoms with Crippen molar-refractivity contribution in [3.05, 3.63) is 21.0 Å². The predicted molar refractivity (Wildman–Crippen MR) is 76.4 cm³/mol. The van der Waals surface area contributed by atoms with Crippen molar-refractivity contribution in [3.63, 3.8) is 0 Å². The second-order valence-corrected chi connectivity index (χ2v) is 5.88. The first-order chi connectivity index (χ1) is 9.78. The van der Waals surface area contributed by atoms with Gasteiger partial charge in [-0.1, -0.05) is 0 Å². The fourth-order valence-corrected chi connectivity index (χ4v) is 2.71. The Balaban J connectivity index is 2.18. The fraction of sp³-hybridized carbons (Fsp3) is 0.667. The summed E-state index contributed by atoms with van der Waals surface area (Å²) in [5.41, 5.74) is -0.382. The number of aromatic nitrogens is 2. The molecule has 2 unspecified atom stereocenters. The molecule has 9 heteroatoms. The average Bonchev–Trinajstić information content (AvgIpc) is 2.39. The lowest BCUT2D eigenvalue weighted by molar-refractivity contribution is -0.143. The largest absolute Gasteiger partial charge is 0.408 e. The van der Waals surface area contributed by atoms with E-state index in [0.717, 1.165) is 19.4 Å². The van der Waals surface area contributed by atoms with Crippen LogP contribution in [-0.2, 0) is 6.54 Å². The molecule has 0 bridgehead atoms. The van der Waals surface area contributed by atoms with E-state index < -0.39 is 18.3 Å². The van der Waals surface area contributed by atoms with E-state index >= 15 is 0 Å². The van der Waals surface area contributed by atoms with Crippen molar-refractivity contribution in [1.29, 1.82) is 0 Å². The first-order valence-electron chi connectivity index (χ1n) is 6.60. The SMILES string of the molecule is CC1NCCCC1Nc1cnn(CC(F)(F)F)c(=O)c1Br. The molecular formula is C12H16BrF3N4O. The van der Waals surface area contributed by atoms with Crippen LogP contribution in [0.4, 0.5) is 18.9 Å². The van der Waals surface area contributed by atoms with Crippen LogP contribution in [0.1, 0.15) is 19.8 Å². The number of hydrogen-bond acceptors (Lipinski definition) is 4. The highest BCUT2D eigenvalue weighted by molar-refractivity contribution is 9.10. The van der Waals surface area contributed by atoms with Crippen molar-refractivity contribution in [1.82, 2.24) is 15.1 Å². The van der Waals surface area contributed by atoms with Gasteiger partial charge in [-0.2, -0.15) is 18.3 Å². The van der Waals surface area contributed by atoms with Gasteiger partial charge >= 0.3 is 6.18 Å². The zero-order valence-corrected chi connectivity index (χ0v) is 13.0. The molecule has 0 saturated carbocycles. The Morgan fingerprint density at radius 2 is 2.29 bits per heavy atom. The monoisotopic (exact) mass is 368 g/mol. The average molecular weight is 369 g/mol. The summed E-state index contributed by atoms with van der Waals surface area (Å²) in [4.78, 5) is 11.9. The molecule has 0 amide bonds. The highest BCUT2D eigenvalue weighted by atomic mass is 79.9. The lowest BCUT2D eigenvalue weighted by atomic mass is 10.00. The van der Waals surface area contributed by atoms with E-state index in [1.807, 2.05) is 6.92 Å². The molecule has 2 atom stereocenters. The van der Waals surface area contributed by atoms with E-state index in [1.54, 1.807) is 0 Å². The summed E-state index contributed by atoms with van der Waals surface area (Å²) in [7, 11) is 0. The number of nitrogens with zero attached hydrogens (tertiary/aromatic N) is 2. The van der Waals surface area contributed by atoms with Gasteiger partial charge in [0, 0.05) is 12.1 Å². The molecule has 1 aliphatic rings. The Hall–Kier alpha value is -1.09. The third-order valence-electron chi connectivity index (χ3n) is 3.42. The number of hydrogen-bond donors (Lipinski definition) is 2. The summed E-state index contributed by atoms with van der Waals surface area (Å²) < 4.78 is 37.5. The summed E-state index contributed by atoms with van der Waals surface area (Å²) in [6, 6.07) is 0.318. The van der Waals surface area contributed by atoms with Gasteiger partial charge in [-0.25, -0.2) is 4.68 Å². The predicted octanol–water partition coefficient (Wildman–Crippen LogP) is 2.12. The molecule has 1 fully saturated rings. The van der Waals surface area contributed by atoms with E-state index in [0.29, 0.717) is 10.4 Å². The highest BCUT2D eigenvalue weighted by Gasteiger charge is 2.30. The number of nitrogens with one attached hydrogen (secondary N) is 2. The lowest BCUT2D eigenvalue weighted by Gasteiger charge is -2.31. The van der Waals surface area contributed by atoms with Crippen LogP contribution in [0, 0.1) is 0 Å². The summed E-state index contributed by atoms with van der Waals surface area (Å²) in [5, 5.41) is 10.0. The second kappa shape index (κ2) is 6.35.